The van der Waals surface area contributed by atoms with Crippen LogP contribution in [0.5, 0.6) is 0 Å². The second-order valence-corrected chi connectivity index (χ2v) is 6.53. The maximum Gasteiger partial charge on any atom is 0.239 e. The number of amides is 2. The summed E-state index contributed by atoms with van der Waals surface area (Å²) in [4.78, 5) is 23.9. The fraction of sp³-hybridized carbons (Fsp3) is 0.500. The summed E-state index contributed by atoms with van der Waals surface area (Å²) < 4.78 is 7.08. The van der Waals surface area contributed by atoms with Gasteiger partial charge in [0.05, 0.1) is 31.5 Å². The Hall–Kier alpha value is -2.57. The molecule has 2 heterocycles. The highest BCUT2D eigenvalue weighted by Gasteiger charge is 2.16. The van der Waals surface area contributed by atoms with Crippen molar-refractivity contribution < 1.29 is 14.0 Å². The number of hydrogen-bond donors (Lipinski definition) is 2. The highest BCUT2D eigenvalue weighted by molar-refractivity contribution is 5.85. The summed E-state index contributed by atoms with van der Waals surface area (Å²) >= 11 is 0. The molecule has 0 saturated carbocycles. The predicted octanol–water partition coefficient (Wildman–Crippen LogP) is 1.72. The van der Waals surface area contributed by atoms with Crippen molar-refractivity contribution in [3.8, 4) is 0 Å². The number of nitrogens with one attached hydrogen (secondary N) is 2. The standard InChI is InChI=1S/C18H26N4O3/c1-12(2)11-22-14(4)16(13(3)21-22)8-17(23)20-10-18(24)19-9-15-6-5-7-25-15/h5-7,12H,8-11H2,1-4H3,(H,19,24)(H,20,23). The number of aryl methyl sites for hydroxylation is 1. The van der Waals surface area contributed by atoms with E-state index in [1.807, 2.05) is 18.5 Å². The SMILES string of the molecule is Cc1nn(CC(C)C)c(C)c1CC(=O)NCC(=O)NCc1ccco1. The van der Waals surface area contributed by atoms with Crippen molar-refractivity contribution in [3.63, 3.8) is 0 Å². The molecule has 0 atom stereocenters. The van der Waals surface area contributed by atoms with E-state index in [9.17, 15) is 9.59 Å². The highest BCUT2D eigenvalue weighted by Crippen LogP contribution is 2.15. The Morgan fingerprint density at radius 3 is 2.64 bits per heavy atom. The summed E-state index contributed by atoms with van der Waals surface area (Å²) in [5.74, 6) is 0.707. The van der Waals surface area contributed by atoms with Gasteiger partial charge in [0.1, 0.15) is 5.76 Å². The highest BCUT2D eigenvalue weighted by atomic mass is 16.3. The van der Waals surface area contributed by atoms with Crippen molar-refractivity contribution in [1.29, 1.82) is 0 Å². The molecule has 2 amide bonds. The molecule has 0 fully saturated rings. The molecule has 2 aromatic rings. The number of hydrogen-bond acceptors (Lipinski definition) is 4. The molecule has 0 unspecified atom stereocenters. The molecule has 136 valence electrons. The lowest BCUT2D eigenvalue weighted by atomic mass is 10.1. The van der Waals surface area contributed by atoms with Crippen molar-refractivity contribution in [2.24, 2.45) is 5.92 Å². The van der Waals surface area contributed by atoms with Crippen LogP contribution in [0.1, 0.15) is 36.6 Å². The first-order valence-corrected chi connectivity index (χ1v) is 8.45. The Bertz CT molecular complexity index is 717. The Labute approximate surface area is 147 Å². The van der Waals surface area contributed by atoms with E-state index in [2.05, 4.69) is 29.6 Å². The van der Waals surface area contributed by atoms with Crippen LogP contribution in [-0.4, -0.2) is 28.1 Å². The van der Waals surface area contributed by atoms with E-state index in [-0.39, 0.29) is 24.8 Å². The van der Waals surface area contributed by atoms with Crippen molar-refractivity contribution in [3.05, 3.63) is 41.1 Å². The summed E-state index contributed by atoms with van der Waals surface area (Å²) in [6, 6.07) is 3.53. The molecule has 0 aliphatic carbocycles. The molecule has 7 heteroatoms. The van der Waals surface area contributed by atoms with E-state index in [1.165, 1.54) is 0 Å². The van der Waals surface area contributed by atoms with Gasteiger partial charge < -0.3 is 15.1 Å². The van der Waals surface area contributed by atoms with Gasteiger partial charge in [0.15, 0.2) is 0 Å². The summed E-state index contributed by atoms with van der Waals surface area (Å²) in [6.07, 6.45) is 1.77. The van der Waals surface area contributed by atoms with Crippen molar-refractivity contribution in [1.82, 2.24) is 20.4 Å². The number of aromatic nitrogens is 2. The lowest BCUT2D eigenvalue weighted by Gasteiger charge is -2.08. The molecular weight excluding hydrogens is 320 g/mol. The quantitative estimate of drug-likeness (QED) is 0.762. The summed E-state index contributed by atoms with van der Waals surface area (Å²) in [5.41, 5.74) is 2.79. The first-order chi connectivity index (χ1) is 11.9. The lowest BCUT2D eigenvalue weighted by molar-refractivity contribution is -0.125. The first-order valence-electron chi connectivity index (χ1n) is 8.45. The summed E-state index contributed by atoms with van der Waals surface area (Å²) in [7, 11) is 0. The smallest absolute Gasteiger partial charge is 0.239 e. The molecular formula is C18H26N4O3. The van der Waals surface area contributed by atoms with Gasteiger partial charge in [-0.2, -0.15) is 5.10 Å². The average Bonchev–Trinajstić information content (AvgIpc) is 3.15. The normalized spacial score (nSPS) is 10.9. The van der Waals surface area contributed by atoms with Gasteiger partial charge >= 0.3 is 0 Å². The van der Waals surface area contributed by atoms with Crippen molar-refractivity contribution >= 4 is 11.8 Å². The monoisotopic (exact) mass is 346 g/mol. The molecule has 0 aromatic carbocycles. The summed E-state index contributed by atoms with van der Waals surface area (Å²) in [5, 5.41) is 9.84. The Balaban J connectivity index is 1.81. The average molecular weight is 346 g/mol. The van der Waals surface area contributed by atoms with Gasteiger partial charge in [-0.05, 0) is 31.9 Å². The third-order valence-corrected chi connectivity index (χ3v) is 3.89. The first kappa shape index (κ1) is 18.8. The molecule has 2 N–H and O–H groups in total. The topological polar surface area (TPSA) is 89.2 Å². The van der Waals surface area contributed by atoms with Gasteiger partial charge in [0.2, 0.25) is 11.8 Å². The molecule has 0 aliphatic rings. The van der Waals surface area contributed by atoms with Gasteiger partial charge in [0, 0.05) is 17.8 Å². The van der Waals surface area contributed by atoms with Crippen LogP contribution in [0.25, 0.3) is 0 Å². The number of carbonyl (C=O) groups excluding carboxylic acids is 2. The zero-order valence-electron chi connectivity index (χ0n) is 15.3. The van der Waals surface area contributed by atoms with Crippen LogP contribution in [0.3, 0.4) is 0 Å². The zero-order valence-corrected chi connectivity index (χ0v) is 15.3. The van der Waals surface area contributed by atoms with E-state index >= 15 is 0 Å². The second kappa shape index (κ2) is 8.50. The molecule has 0 bridgehead atoms. The van der Waals surface area contributed by atoms with E-state index < -0.39 is 0 Å². The van der Waals surface area contributed by atoms with E-state index in [1.54, 1.807) is 18.4 Å². The molecule has 0 radical (unpaired) electrons. The van der Waals surface area contributed by atoms with Crippen molar-refractivity contribution in [2.45, 2.75) is 47.2 Å². The number of nitrogens with zero attached hydrogens (tertiary/aromatic N) is 2. The zero-order chi connectivity index (χ0) is 18.4. The fourth-order valence-electron chi connectivity index (χ4n) is 2.58. The minimum Gasteiger partial charge on any atom is -0.467 e. The van der Waals surface area contributed by atoms with Crippen LogP contribution in [0.4, 0.5) is 0 Å². The van der Waals surface area contributed by atoms with Gasteiger partial charge in [-0.3, -0.25) is 14.3 Å². The molecule has 2 rings (SSSR count). The largest absolute Gasteiger partial charge is 0.467 e. The predicted molar refractivity (Wildman–Crippen MR) is 93.8 cm³/mol. The third kappa shape index (κ3) is 5.48. The van der Waals surface area contributed by atoms with Crippen LogP contribution in [-0.2, 0) is 29.1 Å². The van der Waals surface area contributed by atoms with Gasteiger partial charge in [0.25, 0.3) is 0 Å². The van der Waals surface area contributed by atoms with Crippen LogP contribution in [0.2, 0.25) is 0 Å². The van der Waals surface area contributed by atoms with Crippen LogP contribution >= 0.6 is 0 Å². The second-order valence-electron chi connectivity index (χ2n) is 6.53. The van der Waals surface area contributed by atoms with Crippen LogP contribution in [0.15, 0.2) is 22.8 Å². The maximum atomic E-state index is 12.1. The van der Waals surface area contributed by atoms with E-state index in [4.69, 9.17) is 4.42 Å². The van der Waals surface area contributed by atoms with Crippen molar-refractivity contribution in [2.75, 3.05) is 6.54 Å². The maximum absolute atomic E-state index is 12.1. The van der Waals surface area contributed by atoms with E-state index in [0.717, 1.165) is 23.5 Å². The minimum atomic E-state index is -0.256. The molecule has 0 aliphatic heterocycles. The van der Waals surface area contributed by atoms with E-state index in [0.29, 0.717) is 18.2 Å². The number of furan rings is 1. The fourth-order valence-corrected chi connectivity index (χ4v) is 2.58. The number of rotatable bonds is 8. The van der Waals surface area contributed by atoms with Crippen LogP contribution in [0, 0.1) is 19.8 Å². The Morgan fingerprint density at radius 2 is 2.00 bits per heavy atom. The van der Waals surface area contributed by atoms with Crippen LogP contribution < -0.4 is 10.6 Å². The van der Waals surface area contributed by atoms with Gasteiger partial charge in [-0.25, -0.2) is 0 Å². The molecule has 2 aromatic heterocycles. The molecule has 0 saturated heterocycles. The Morgan fingerprint density at radius 1 is 1.24 bits per heavy atom. The van der Waals surface area contributed by atoms with Gasteiger partial charge in [-0.1, -0.05) is 13.8 Å². The molecule has 0 spiro atoms. The summed E-state index contributed by atoms with van der Waals surface area (Å²) in [6.45, 7) is 9.21. The lowest BCUT2D eigenvalue weighted by Crippen LogP contribution is -2.37. The number of carbonyl (C=O) groups is 2. The third-order valence-electron chi connectivity index (χ3n) is 3.89. The molecule has 25 heavy (non-hydrogen) atoms. The molecule has 7 nitrogen and oxygen atoms in total. The van der Waals surface area contributed by atoms with Gasteiger partial charge in [-0.15, -0.1) is 0 Å². The minimum absolute atomic E-state index is 0.0578. The Kier molecular flexibility index (Phi) is 6.38.